The Morgan fingerprint density at radius 3 is 2.54 bits per heavy atom. The van der Waals surface area contributed by atoms with Crippen LogP contribution in [0, 0.1) is 5.92 Å². The highest BCUT2D eigenvalue weighted by Gasteiger charge is 2.68. The second kappa shape index (κ2) is 9.17. The normalized spacial score (nSPS) is 28.4. The number of aromatic carboxylic acids is 1. The Kier molecular flexibility index (Phi) is 6.56. The third kappa shape index (κ3) is 4.05. The van der Waals surface area contributed by atoms with Gasteiger partial charge in [0, 0.05) is 11.8 Å². The van der Waals surface area contributed by atoms with Crippen LogP contribution in [0.3, 0.4) is 0 Å². The number of carboxylic acids is 2. The topological polar surface area (TPSA) is 165 Å². The van der Waals surface area contributed by atoms with Gasteiger partial charge in [-0.15, -0.1) is 11.8 Å². The number of aliphatic hydroxyl groups excluding tert-OH is 1. The Morgan fingerprint density at radius 1 is 1.29 bits per heavy atom. The number of carboxylic acid groups (broad SMARTS) is 2. The van der Waals surface area contributed by atoms with Crippen molar-refractivity contribution in [2.45, 2.75) is 42.4 Å². The Morgan fingerprint density at radius 2 is 2.00 bits per heavy atom. The minimum atomic E-state index is -1.43. The van der Waals surface area contributed by atoms with Crippen LogP contribution in [0.5, 0.6) is 5.75 Å². The van der Waals surface area contributed by atoms with Crippen LogP contribution in [-0.2, 0) is 14.4 Å². The van der Waals surface area contributed by atoms with E-state index < -0.39 is 52.3 Å². The summed E-state index contributed by atoms with van der Waals surface area (Å²) in [5.41, 5.74) is -0.575. The summed E-state index contributed by atoms with van der Waals surface area (Å²) in [7, 11) is 1.35. The quantitative estimate of drug-likeness (QED) is 0.318. The molecule has 4 unspecified atom stereocenters. The van der Waals surface area contributed by atoms with Gasteiger partial charge in [0.15, 0.2) is 0 Å². The van der Waals surface area contributed by atoms with E-state index in [9.17, 15) is 34.5 Å². The van der Waals surface area contributed by atoms with Crippen LogP contribution in [0.4, 0.5) is 5.69 Å². The molecular weight excluding hydrogens is 478 g/mol. The zero-order valence-electron chi connectivity index (χ0n) is 19.4. The molecule has 0 aliphatic carbocycles. The third-order valence-corrected chi connectivity index (χ3v) is 8.42. The number of ether oxygens (including phenoxy) is 1. The van der Waals surface area contributed by atoms with E-state index in [0.717, 1.165) is 17.9 Å². The van der Waals surface area contributed by atoms with Gasteiger partial charge >= 0.3 is 11.9 Å². The number of carbonyl (C=O) groups excluding carboxylic acids is 2. The molecule has 3 aliphatic heterocycles. The van der Waals surface area contributed by atoms with E-state index in [1.54, 1.807) is 6.92 Å². The summed E-state index contributed by atoms with van der Waals surface area (Å²) < 4.78 is 4.11. The number of aliphatic hydroxyl groups is 1. The summed E-state index contributed by atoms with van der Waals surface area (Å²) in [6.07, 6.45) is -0.235. The first-order chi connectivity index (χ1) is 16.5. The van der Waals surface area contributed by atoms with Crippen LogP contribution >= 0.6 is 11.8 Å². The lowest BCUT2D eigenvalue weighted by Gasteiger charge is -2.50. The first-order valence-corrected chi connectivity index (χ1v) is 12.0. The molecule has 2 fully saturated rings. The van der Waals surface area contributed by atoms with Gasteiger partial charge in [-0.3, -0.25) is 14.5 Å². The molecule has 1 aromatic rings. The summed E-state index contributed by atoms with van der Waals surface area (Å²) in [6.45, 7) is 4.64. The predicted octanol–water partition coefficient (Wildman–Crippen LogP) is 0.746. The number of hydrogen-bond acceptors (Lipinski definition) is 8. The van der Waals surface area contributed by atoms with E-state index >= 15 is 0 Å². The van der Waals surface area contributed by atoms with Crippen molar-refractivity contribution in [3.05, 3.63) is 35.0 Å². The first-order valence-electron chi connectivity index (χ1n) is 11.1. The Balaban J connectivity index is 1.80. The van der Waals surface area contributed by atoms with Crippen molar-refractivity contribution in [3.8, 4) is 5.75 Å². The van der Waals surface area contributed by atoms with Crippen LogP contribution in [0.1, 0.15) is 30.6 Å². The molecule has 0 bridgehead atoms. The van der Waals surface area contributed by atoms with Crippen molar-refractivity contribution in [2.24, 2.45) is 5.92 Å². The molecule has 0 radical (unpaired) electrons. The summed E-state index contributed by atoms with van der Waals surface area (Å²) in [4.78, 5) is 51.5. The Labute approximate surface area is 205 Å². The molecule has 0 saturated carbocycles. The van der Waals surface area contributed by atoms with Gasteiger partial charge in [0.05, 0.1) is 46.7 Å². The number of amides is 2. The second-order valence-corrected chi connectivity index (χ2v) is 10.7. The maximum absolute atomic E-state index is 13.7. The van der Waals surface area contributed by atoms with Gasteiger partial charge in [-0.1, -0.05) is 0 Å². The molecule has 3 heterocycles. The number of anilines is 1. The van der Waals surface area contributed by atoms with Crippen molar-refractivity contribution in [1.29, 1.82) is 0 Å². The van der Waals surface area contributed by atoms with Gasteiger partial charge in [-0.05, 0) is 45.0 Å². The lowest BCUT2D eigenvalue weighted by atomic mass is 9.77. The molecule has 11 nitrogen and oxygen atoms in total. The van der Waals surface area contributed by atoms with Crippen LogP contribution in [0.25, 0.3) is 0 Å². The zero-order chi connectivity index (χ0) is 25.7. The summed E-state index contributed by atoms with van der Waals surface area (Å²) in [5, 5.41) is 35.6. The predicted molar refractivity (Wildman–Crippen MR) is 126 cm³/mol. The average Bonchev–Trinajstić information content (AvgIpc) is 3.36. The second-order valence-electron chi connectivity index (χ2n) is 8.96. The monoisotopic (exact) mass is 505 g/mol. The number of hydrogen-bond donors (Lipinski definition) is 5. The van der Waals surface area contributed by atoms with E-state index in [1.165, 1.54) is 44.0 Å². The van der Waals surface area contributed by atoms with Crippen LogP contribution in [-0.4, -0.2) is 86.3 Å². The van der Waals surface area contributed by atoms with Gasteiger partial charge in [-0.2, -0.15) is 0 Å². The maximum atomic E-state index is 13.7. The lowest BCUT2D eigenvalue weighted by Crippen LogP contribution is -2.67. The molecule has 188 valence electrons. The fourth-order valence-corrected chi connectivity index (χ4v) is 7.02. The largest absolute Gasteiger partial charge is 0.495 e. The van der Waals surface area contributed by atoms with E-state index in [1.807, 2.05) is 0 Å². The number of methoxy groups -OCH3 is 1. The van der Waals surface area contributed by atoms with Gasteiger partial charge in [0.2, 0.25) is 5.91 Å². The minimum Gasteiger partial charge on any atom is -0.495 e. The van der Waals surface area contributed by atoms with E-state index in [0.29, 0.717) is 6.54 Å². The number of nitrogens with zero attached hydrogens (tertiary/aromatic N) is 1. The highest BCUT2D eigenvalue weighted by atomic mass is 32.2. The van der Waals surface area contributed by atoms with Gasteiger partial charge < -0.3 is 30.7 Å². The lowest BCUT2D eigenvalue weighted by molar-refractivity contribution is -0.162. The molecule has 4 rings (SSSR count). The molecule has 0 aromatic heterocycles. The van der Waals surface area contributed by atoms with E-state index in [-0.39, 0.29) is 27.8 Å². The number of thioether (sulfide) groups is 1. The fraction of sp³-hybridized carbons (Fsp3) is 0.478. The van der Waals surface area contributed by atoms with Gasteiger partial charge in [0.1, 0.15) is 11.4 Å². The van der Waals surface area contributed by atoms with Crippen LogP contribution in [0.2, 0.25) is 0 Å². The van der Waals surface area contributed by atoms with E-state index in [4.69, 9.17) is 4.74 Å². The number of nitrogens with one attached hydrogen (secondary N) is 2. The van der Waals surface area contributed by atoms with Crippen molar-refractivity contribution in [1.82, 2.24) is 10.2 Å². The molecule has 5 N–H and O–H groups in total. The molecular formula is C23H27N3O8S. The number of aliphatic carboxylic acids is 1. The van der Waals surface area contributed by atoms with E-state index in [2.05, 4.69) is 10.6 Å². The standard InChI is InChI=1S/C23H27N3O8S/c1-10(27)15-18-23(2,35-12-6-7-24-9-12)16(17(22(32)33)26(18)20(15)29)19(28)25-13-8-11(21(30)31)4-5-14(13)34-3/h4-5,8,10,12,15,18,24,27H,6-7,9H2,1-3H3,(H,25,28)(H,30,31)(H,32,33)/t10?,12?,15?,18-,23?/m0/s1. The van der Waals surface area contributed by atoms with Crippen molar-refractivity contribution < 1.29 is 39.2 Å². The highest BCUT2D eigenvalue weighted by Crippen LogP contribution is 2.57. The molecule has 2 amide bonds. The Hall–Kier alpha value is -3.09. The SMILES string of the molecule is COc1ccc(C(=O)O)cc1NC(=O)C1=C(C(=O)O)N2C(=O)C(C(C)O)[C@H]2C1(C)SC1CCNC1. The fourth-order valence-electron chi connectivity index (χ4n) is 5.19. The van der Waals surface area contributed by atoms with Crippen molar-refractivity contribution in [2.75, 3.05) is 25.5 Å². The smallest absolute Gasteiger partial charge is 0.353 e. The third-order valence-electron chi connectivity index (χ3n) is 6.75. The average molecular weight is 506 g/mol. The number of fused-ring (bicyclic) bond motifs is 1. The molecule has 0 spiro atoms. The van der Waals surface area contributed by atoms with Crippen molar-refractivity contribution >= 4 is 41.2 Å². The molecule has 1 aromatic carbocycles. The number of benzene rings is 1. The summed E-state index contributed by atoms with van der Waals surface area (Å²) in [6, 6.07) is 3.20. The van der Waals surface area contributed by atoms with Crippen LogP contribution < -0.4 is 15.4 Å². The van der Waals surface area contributed by atoms with Crippen LogP contribution in [0.15, 0.2) is 29.5 Å². The number of carbonyl (C=O) groups is 4. The molecule has 2 saturated heterocycles. The maximum Gasteiger partial charge on any atom is 0.353 e. The summed E-state index contributed by atoms with van der Waals surface area (Å²) >= 11 is 1.41. The molecule has 12 heteroatoms. The summed E-state index contributed by atoms with van der Waals surface area (Å²) in [5.74, 6) is -4.64. The Bertz CT molecular complexity index is 1130. The zero-order valence-corrected chi connectivity index (χ0v) is 20.2. The molecule has 5 atom stereocenters. The molecule has 3 aliphatic rings. The van der Waals surface area contributed by atoms with Gasteiger partial charge in [-0.25, -0.2) is 9.59 Å². The number of rotatable bonds is 8. The van der Waals surface area contributed by atoms with Crippen molar-refractivity contribution in [3.63, 3.8) is 0 Å². The first kappa shape index (κ1) is 25.0. The minimum absolute atomic E-state index is 0.0529. The van der Waals surface area contributed by atoms with Gasteiger partial charge in [0.25, 0.3) is 5.91 Å². The highest BCUT2D eigenvalue weighted by molar-refractivity contribution is 8.01. The number of β-lactam (4-membered cyclic amide) rings is 1. The molecule has 35 heavy (non-hydrogen) atoms.